The number of anilines is 1. The van der Waals surface area contributed by atoms with Crippen LogP contribution in [0, 0.1) is 12.7 Å². The van der Waals surface area contributed by atoms with Crippen molar-refractivity contribution >= 4 is 45.6 Å². The highest BCUT2D eigenvalue weighted by molar-refractivity contribution is 7.13. The van der Waals surface area contributed by atoms with E-state index < -0.39 is 5.82 Å². The molecule has 0 bridgehead atoms. The van der Waals surface area contributed by atoms with Gasteiger partial charge < -0.3 is 9.80 Å². The third-order valence-electron chi connectivity index (χ3n) is 3.90. The molecule has 4 nitrogen and oxygen atoms in total. The molecule has 8 heteroatoms. The number of benzene rings is 1. The van der Waals surface area contributed by atoms with Gasteiger partial charge in [-0.05, 0) is 25.5 Å². The summed E-state index contributed by atoms with van der Waals surface area (Å²) in [5, 5.41) is 3.07. The van der Waals surface area contributed by atoms with Crippen LogP contribution in [0.15, 0.2) is 17.5 Å². The predicted molar refractivity (Wildman–Crippen MR) is 96.0 cm³/mol. The Labute approximate surface area is 153 Å². The van der Waals surface area contributed by atoms with Gasteiger partial charge >= 0.3 is 0 Å². The van der Waals surface area contributed by atoms with E-state index in [9.17, 15) is 9.18 Å². The number of amides is 1. The van der Waals surface area contributed by atoms with Gasteiger partial charge in [-0.2, -0.15) is 0 Å². The zero-order valence-corrected chi connectivity index (χ0v) is 15.4. The van der Waals surface area contributed by atoms with Gasteiger partial charge in [0.1, 0.15) is 5.82 Å². The summed E-state index contributed by atoms with van der Waals surface area (Å²) in [5.41, 5.74) is 1.15. The monoisotopic (exact) mass is 387 g/mol. The average molecular weight is 388 g/mol. The van der Waals surface area contributed by atoms with Crippen LogP contribution in [-0.4, -0.2) is 42.0 Å². The summed E-state index contributed by atoms with van der Waals surface area (Å²) >= 11 is 13.4. The van der Waals surface area contributed by atoms with Crippen molar-refractivity contribution in [1.82, 2.24) is 9.88 Å². The molecular weight excluding hydrogens is 372 g/mol. The third-order valence-corrected chi connectivity index (χ3v) is 5.52. The van der Waals surface area contributed by atoms with Crippen LogP contribution >= 0.6 is 34.5 Å². The number of carbonyl (C=O) groups excluding carboxylic acids is 1. The fourth-order valence-electron chi connectivity index (χ4n) is 2.66. The highest BCUT2D eigenvalue weighted by Crippen LogP contribution is 2.26. The minimum Gasteiger partial charge on any atom is -0.346 e. The summed E-state index contributed by atoms with van der Waals surface area (Å²) in [6, 6.07) is 2.38. The lowest BCUT2D eigenvalue weighted by Gasteiger charge is -2.22. The van der Waals surface area contributed by atoms with E-state index in [0.29, 0.717) is 19.6 Å². The molecule has 24 heavy (non-hydrogen) atoms. The first kappa shape index (κ1) is 17.5. The van der Waals surface area contributed by atoms with Crippen molar-refractivity contribution < 1.29 is 9.18 Å². The molecule has 0 unspecified atom stereocenters. The van der Waals surface area contributed by atoms with Crippen molar-refractivity contribution in [3.05, 3.63) is 44.6 Å². The molecule has 1 saturated heterocycles. The van der Waals surface area contributed by atoms with Gasteiger partial charge in [0.15, 0.2) is 5.13 Å². The lowest BCUT2D eigenvalue weighted by Crippen LogP contribution is -2.35. The number of nitrogens with zero attached hydrogens (tertiary/aromatic N) is 3. The lowest BCUT2D eigenvalue weighted by molar-refractivity contribution is 0.0766. The zero-order chi connectivity index (χ0) is 17.3. The first-order chi connectivity index (χ1) is 11.5. The molecule has 1 amide bonds. The third kappa shape index (κ3) is 3.66. The number of thiazole rings is 1. The second-order valence-corrected chi connectivity index (χ2v) is 7.30. The van der Waals surface area contributed by atoms with E-state index >= 15 is 0 Å². The first-order valence-electron chi connectivity index (χ1n) is 7.56. The predicted octanol–water partition coefficient (Wildman–Crippen LogP) is 4.25. The molecule has 2 aromatic rings. The maximum atomic E-state index is 13.7. The van der Waals surface area contributed by atoms with E-state index in [2.05, 4.69) is 9.88 Å². The number of aryl methyl sites for hydroxylation is 1. The molecule has 1 aliphatic heterocycles. The van der Waals surface area contributed by atoms with Gasteiger partial charge in [0, 0.05) is 31.6 Å². The Balaban J connectivity index is 1.74. The van der Waals surface area contributed by atoms with Gasteiger partial charge in [0.2, 0.25) is 0 Å². The van der Waals surface area contributed by atoms with Gasteiger partial charge in [0.25, 0.3) is 5.91 Å². The van der Waals surface area contributed by atoms with Gasteiger partial charge in [-0.15, -0.1) is 11.3 Å². The molecule has 1 aliphatic rings. The van der Waals surface area contributed by atoms with E-state index in [1.165, 1.54) is 6.07 Å². The van der Waals surface area contributed by atoms with Crippen LogP contribution < -0.4 is 4.90 Å². The molecule has 1 aromatic carbocycles. The number of aromatic nitrogens is 1. The molecule has 2 heterocycles. The average Bonchev–Trinajstić information content (AvgIpc) is 2.83. The fourth-order valence-corrected chi connectivity index (χ4v) is 3.98. The second-order valence-electron chi connectivity index (χ2n) is 5.65. The summed E-state index contributed by atoms with van der Waals surface area (Å²) in [7, 11) is 0. The van der Waals surface area contributed by atoms with Gasteiger partial charge in [-0.25, -0.2) is 9.37 Å². The molecular formula is C16H16Cl2FN3OS. The highest BCUT2D eigenvalue weighted by Gasteiger charge is 2.24. The number of hydrogen-bond donors (Lipinski definition) is 0. The largest absolute Gasteiger partial charge is 0.346 e. The van der Waals surface area contributed by atoms with Crippen molar-refractivity contribution in [3.8, 4) is 0 Å². The molecule has 0 atom stereocenters. The second kappa shape index (κ2) is 7.25. The van der Waals surface area contributed by atoms with E-state index in [1.54, 1.807) is 16.2 Å². The topological polar surface area (TPSA) is 36.4 Å². The Morgan fingerprint density at radius 3 is 2.71 bits per heavy atom. The zero-order valence-electron chi connectivity index (χ0n) is 13.1. The summed E-state index contributed by atoms with van der Waals surface area (Å²) in [6.45, 7) is 4.62. The van der Waals surface area contributed by atoms with Crippen LogP contribution in [0.4, 0.5) is 9.52 Å². The number of rotatable bonds is 2. The number of carbonyl (C=O) groups is 1. The Kier molecular flexibility index (Phi) is 5.27. The Morgan fingerprint density at radius 1 is 1.21 bits per heavy atom. The van der Waals surface area contributed by atoms with Crippen molar-refractivity contribution in [1.29, 1.82) is 0 Å². The van der Waals surface area contributed by atoms with Crippen molar-refractivity contribution in [2.75, 3.05) is 31.1 Å². The van der Waals surface area contributed by atoms with E-state index in [0.717, 1.165) is 29.9 Å². The maximum absolute atomic E-state index is 13.7. The summed E-state index contributed by atoms with van der Waals surface area (Å²) in [5.74, 6) is -0.910. The normalized spacial score (nSPS) is 15.5. The van der Waals surface area contributed by atoms with Crippen LogP contribution in [0.3, 0.4) is 0 Å². The van der Waals surface area contributed by atoms with Crippen LogP contribution in [0.2, 0.25) is 10.0 Å². The molecule has 0 aliphatic carbocycles. The van der Waals surface area contributed by atoms with Crippen LogP contribution in [0.5, 0.6) is 0 Å². The SMILES string of the molecule is Cc1csc(N2CCCN(C(=O)c3cc(F)c(Cl)cc3Cl)CC2)n1. The summed E-state index contributed by atoms with van der Waals surface area (Å²) in [4.78, 5) is 21.1. The molecule has 1 aromatic heterocycles. The molecule has 128 valence electrons. The van der Waals surface area contributed by atoms with Crippen LogP contribution in [-0.2, 0) is 0 Å². The van der Waals surface area contributed by atoms with Crippen molar-refractivity contribution in [3.63, 3.8) is 0 Å². The van der Waals surface area contributed by atoms with E-state index in [-0.39, 0.29) is 21.5 Å². The maximum Gasteiger partial charge on any atom is 0.255 e. The van der Waals surface area contributed by atoms with Gasteiger partial charge in [-0.3, -0.25) is 4.79 Å². The fraction of sp³-hybridized carbons (Fsp3) is 0.375. The highest BCUT2D eigenvalue weighted by atomic mass is 35.5. The molecule has 0 spiro atoms. The quantitative estimate of drug-likeness (QED) is 0.722. The number of halogens is 3. The summed E-state index contributed by atoms with van der Waals surface area (Å²) in [6.07, 6.45) is 0.818. The lowest BCUT2D eigenvalue weighted by atomic mass is 10.2. The standard InChI is InChI=1S/C16H16Cl2FN3OS/c1-10-9-24-16(20-10)22-4-2-3-21(5-6-22)15(23)11-7-14(19)13(18)8-12(11)17/h7-9H,2-6H2,1H3. The molecule has 0 radical (unpaired) electrons. The van der Waals surface area contributed by atoms with Gasteiger partial charge in [-0.1, -0.05) is 23.2 Å². The number of hydrogen-bond acceptors (Lipinski definition) is 4. The Bertz CT molecular complexity index is 768. The Morgan fingerprint density at radius 2 is 2.00 bits per heavy atom. The molecule has 3 rings (SSSR count). The van der Waals surface area contributed by atoms with Crippen LogP contribution in [0.25, 0.3) is 0 Å². The van der Waals surface area contributed by atoms with Crippen LogP contribution in [0.1, 0.15) is 22.5 Å². The summed E-state index contributed by atoms with van der Waals surface area (Å²) < 4.78 is 13.7. The van der Waals surface area contributed by atoms with Crippen molar-refractivity contribution in [2.24, 2.45) is 0 Å². The molecule has 0 N–H and O–H groups in total. The smallest absolute Gasteiger partial charge is 0.255 e. The van der Waals surface area contributed by atoms with Crippen molar-refractivity contribution in [2.45, 2.75) is 13.3 Å². The molecule has 1 fully saturated rings. The minimum atomic E-state index is -0.640. The van der Waals surface area contributed by atoms with E-state index in [4.69, 9.17) is 23.2 Å². The molecule has 0 saturated carbocycles. The van der Waals surface area contributed by atoms with E-state index in [1.807, 2.05) is 12.3 Å². The van der Waals surface area contributed by atoms with Gasteiger partial charge in [0.05, 0.1) is 21.3 Å². The first-order valence-corrected chi connectivity index (χ1v) is 9.20. The minimum absolute atomic E-state index is 0.0854. The Hall–Kier alpha value is -1.37.